The van der Waals surface area contributed by atoms with Crippen LogP contribution in [0.15, 0.2) is 42.7 Å². The van der Waals surface area contributed by atoms with Gasteiger partial charge in [0.25, 0.3) is 0 Å². The maximum Gasteiger partial charge on any atom is 0.114 e. The second kappa shape index (κ2) is 6.41. The number of rotatable bonds is 5. The number of likely N-dealkylation sites (N-methyl/N-ethyl adjacent to an activating group) is 1. The second-order valence-electron chi connectivity index (χ2n) is 6.35. The van der Waals surface area contributed by atoms with E-state index in [0.717, 1.165) is 18.4 Å². The summed E-state index contributed by atoms with van der Waals surface area (Å²) in [6.45, 7) is 6.20. The highest BCUT2D eigenvalue weighted by atomic mass is 16.5. The molecule has 4 heteroatoms. The molecule has 120 valence electrons. The van der Waals surface area contributed by atoms with Gasteiger partial charge in [-0.15, -0.1) is 0 Å². The third kappa shape index (κ3) is 2.91. The van der Waals surface area contributed by atoms with Crippen molar-refractivity contribution >= 4 is 0 Å². The Labute approximate surface area is 132 Å². The molecule has 2 aliphatic rings. The van der Waals surface area contributed by atoms with E-state index in [1.165, 1.54) is 0 Å². The van der Waals surface area contributed by atoms with Crippen LogP contribution >= 0.6 is 0 Å². The van der Waals surface area contributed by atoms with E-state index >= 15 is 0 Å². The first kappa shape index (κ1) is 15.5. The van der Waals surface area contributed by atoms with Crippen LogP contribution in [0.2, 0.25) is 0 Å². The first-order valence-electron chi connectivity index (χ1n) is 7.98. The van der Waals surface area contributed by atoms with Crippen LogP contribution in [0.5, 0.6) is 0 Å². The van der Waals surface area contributed by atoms with Gasteiger partial charge < -0.3 is 14.6 Å². The van der Waals surface area contributed by atoms with Gasteiger partial charge in [-0.3, -0.25) is 4.90 Å². The van der Waals surface area contributed by atoms with Crippen molar-refractivity contribution in [2.45, 2.75) is 50.2 Å². The maximum absolute atomic E-state index is 9.71. The molecule has 0 saturated carbocycles. The zero-order valence-corrected chi connectivity index (χ0v) is 13.3. The molecular weight excluding hydrogens is 278 g/mol. The average Bonchev–Trinajstić information content (AvgIpc) is 2.68. The number of ether oxygens (including phenoxy) is 2. The third-order valence-electron chi connectivity index (χ3n) is 4.95. The highest BCUT2D eigenvalue weighted by Crippen LogP contribution is 2.36. The lowest BCUT2D eigenvalue weighted by molar-refractivity contribution is -0.0426. The summed E-state index contributed by atoms with van der Waals surface area (Å²) in [7, 11) is 2.12. The van der Waals surface area contributed by atoms with Crippen LogP contribution in [0.4, 0.5) is 0 Å². The maximum atomic E-state index is 9.71. The smallest absolute Gasteiger partial charge is 0.114 e. The van der Waals surface area contributed by atoms with Crippen LogP contribution in [0, 0.1) is 0 Å². The Morgan fingerprint density at radius 3 is 2.77 bits per heavy atom. The Bertz CT molecular complexity index is 518. The van der Waals surface area contributed by atoms with Gasteiger partial charge in [0, 0.05) is 18.9 Å². The van der Waals surface area contributed by atoms with E-state index < -0.39 is 0 Å². The quantitative estimate of drug-likeness (QED) is 0.849. The molecule has 5 unspecified atom stereocenters. The van der Waals surface area contributed by atoms with Crippen molar-refractivity contribution < 1.29 is 14.6 Å². The SMILES string of the molecule is C=C(OC1CC2OC(C)C(C1)N2C)C(CO)c1ccccc1. The van der Waals surface area contributed by atoms with Gasteiger partial charge in [-0.05, 0) is 19.5 Å². The molecule has 22 heavy (non-hydrogen) atoms. The Balaban J connectivity index is 1.65. The van der Waals surface area contributed by atoms with Gasteiger partial charge in [-0.1, -0.05) is 36.9 Å². The summed E-state index contributed by atoms with van der Waals surface area (Å²) >= 11 is 0. The number of piperidine rings is 1. The molecule has 3 rings (SSSR count). The minimum absolute atomic E-state index is 0.00916. The van der Waals surface area contributed by atoms with Gasteiger partial charge in [0.05, 0.1) is 24.4 Å². The van der Waals surface area contributed by atoms with Gasteiger partial charge in [0.2, 0.25) is 0 Å². The van der Waals surface area contributed by atoms with Gasteiger partial charge in [-0.25, -0.2) is 0 Å². The predicted octanol–water partition coefficient (Wildman–Crippen LogP) is 2.50. The third-order valence-corrected chi connectivity index (χ3v) is 4.95. The Morgan fingerprint density at radius 1 is 1.41 bits per heavy atom. The minimum Gasteiger partial charge on any atom is -0.494 e. The lowest BCUT2D eigenvalue weighted by Crippen LogP contribution is -2.44. The Kier molecular flexibility index (Phi) is 4.52. The predicted molar refractivity (Wildman–Crippen MR) is 85.4 cm³/mol. The van der Waals surface area contributed by atoms with Crippen molar-refractivity contribution in [1.82, 2.24) is 4.90 Å². The molecule has 2 aliphatic heterocycles. The molecule has 2 heterocycles. The molecule has 1 aromatic carbocycles. The number of hydrogen-bond donors (Lipinski definition) is 1. The molecule has 5 atom stereocenters. The lowest BCUT2D eigenvalue weighted by atomic mass is 9.96. The largest absolute Gasteiger partial charge is 0.494 e. The van der Waals surface area contributed by atoms with Crippen LogP contribution in [-0.2, 0) is 9.47 Å². The molecule has 2 saturated heterocycles. The van der Waals surface area contributed by atoms with Crippen molar-refractivity contribution in [1.29, 1.82) is 0 Å². The van der Waals surface area contributed by atoms with E-state index in [1.807, 2.05) is 30.3 Å². The zero-order chi connectivity index (χ0) is 15.7. The molecule has 0 amide bonds. The van der Waals surface area contributed by atoms with Gasteiger partial charge in [-0.2, -0.15) is 0 Å². The summed E-state index contributed by atoms with van der Waals surface area (Å²) in [6, 6.07) is 10.3. The summed E-state index contributed by atoms with van der Waals surface area (Å²) in [4.78, 5) is 2.30. The highest BCUT2D eigenvalue weighted by Gasteiger charge is 2.45. The van der Waals surface area contributed by atoms with Crippen molar-refractivity contribution in [2.75, 3.05) is 13.7 Å². The summed E-state index contributed by atoms with van der Waals surface area (Å²) < 4.78 is 12.1. The molecule has 2 fully saturated rings. The fraction of sp³-hybridized carbons (Fsp3) is 0.556. The number of fused-ring (bicyclic) bond motifs is 2. The molecule has 0 spiro atoms. The summed E-state index contributed by atoms with van der Waals surface area (Å²) in [5.74, 6) is 0.479. The van der Waals surface area contributed by atoms with E-state index in [0.29, 0.717) is 11.8 Å². The van der Waals surface area contributed by atoms with E-state index in [4.69, 9.17) is 9.47 Å². The van der Waals surface area contributed by atoms with Crippen molar-refractivity contribution in [2.24, 2.45) is 0 Å². The summed E-state index contributed by atoms with van der Waals surface area (Å²) in [5, 5.41) is 9.71. The van der Waals surface area contributed by atoms with Gasteiger partial charge in [0.15, 0.2) is 0 Å². The van der Waals surface area contributed by atoms with Crippen LogP contribution in [-0.4, -0.2) is 48.1 Å². The molecule has 4 nitrogen and oxygen atoms in total. The lowest BCUT2D eigenvalue weighted by Gasteiger charge is -2.35. The Hall–Kier alpha value is -1.36. The zero-order valence-electron chi connectivity index (χ0n) is 13.3. The molecule has 0 radical (unpaired) electrons. The minimum atomic E-state index is -0.170. The standard InChI is InChI=1S/C18H25NO3/c1-12(16(11-20)14-7-5-4-6-8-14)21-15-9-17-13(2)22-18(10-15)19(17)3/h4-8,13,15-18,20H,1,9-11H2,2-3H3. The van der Waals surface area contributed by atoms with Crippen molar-refractivity contribution in [3.63, 3.8) is 0 Å². The Morgan fingerprint density at radius 2 is 2.14 bits per heavy atom. The monoisotopic (exact) mass is 303 g/mol. The molecule has 0 aromatic heterocycles. The molecular formula is C18H25NO3. The summed E-state index contributed by atoms with van der Waals surface area (Å²) in [6.07, 6.45) is 2.29. The average molecular weight is 303 g/mol. The molecule has 1 aromatic rings. The van der Waals surface area contributed by atoms with Crippen LogP contribution in [0.3, 0.4) is 0 Å². The van der Waals surface area contributed by atoms with E-state index in [2.05, 4.69) is 25.5 Å². The van der Waals surface area contributed by atoms with E-state index in [-0.39, 0.29) is 31.0 Å². The topological polar surface area (TPSA) is 41.9 Å². The number of aliphatic hydroxyl groups is 1. The van der Waals surface area contributed by atoms with Crippen LogP contribution in [0.1, 0.15) is 31.2 Å². The molecule has 0 aliphatic carbocycles. The first-order valence-corrected chi connectivity index (χ1v) is 7.98. The summed E-state index contributed by atoms with van der Waals surface area (Å²) in [5.41, 5.74) is 1.04. The second-order valence-corrected chi connectivity index (χ2v) is 6.35. The molecule has 1 N–H and O–H groups in total. The van der Waals surface area contributed by atoms with Crippen LogP contribution < -0.4 is 0 Å². The van der Waals surface area contributed by atoms with E-state index in [1.54, 1.807) is 0 Å². The number of hydrogen-bond acceptors (Lipinski definition) is 4. The van der Waals surface area contributed by atoms with Gasteiger partial charge in [0.1, 0.15) is 12.3 Å². The first-order chi connectivity index (χ1) is 10.6. The number of aliphatic hydroxyl groups excluding tert-OH is 1. The highest BCUT2D eigenvalue weighted by molar-refractivity contribution is 5.25. The molecule has 2 bridgehead atoms. The van der Waals surface area contributed by atoms with Crippen molar-refractivity contribution in [3.05, 3.63) is 48.2 Å². The fourth-order valence-electron chi connectivity index (χ4n) is 3.62. The normalized spacial score (nSPS) is 32.7. The van der Waals surface area contributed by atoms with E-state index in [9.17, 15) is 5.11 Å². The van der Waals surface area contributed by atoms with Crippen LogP contribution in [0.25, 0.3) is 0 Å². The number of nitrogens with zero attached hydrogens (tertiary/aromatic N) is 1. The van der Waals surface area contributed by atoms with Gasteiger partial charge >= 0.3 is 0 Å². The number of benzene rings is 1. The fourth-order valence-corrected chi connectivity index (χ4v) is 3.62. The van der Waals surface area contributed by atoms with Crippen molar-refractivity contribution in [3.8, 4) is 0 Å².